The number of piperazine rings is 1. The number of anilines is 1. The number of rotatable bonds is 5. The summed E-state index contributed by atoms with van der Waals surface area (Å²) in [7, 11) is 0. The molecule has 3 N–H and O–H groups in total. The van der Waals surface area contributed by atoms with Crippen molar-refractivity contribution in [2.24, 2.45) is 10.7 Å². The van der Waals surface area contributed by atoms with Crippen LogP contribution in [0.1, 0.15) is 20.3 Å². The number of nitrogens with two attached hydrogens (primary N) is 1. The van der Waals surface area contributed by atoms with Crippen LogP contribution in [0.3, 0.4) is 0 Å². The monoisotopic (exact) mass is 447 g/mol. The summed E-state index contributed by atoms with van der Waals surface area (Å²) in [4.78, 5) is 28.8. The Kier molecular flexibility index (Phi) is 8.72. The van der Waals surface area contributed by atoms with Gasteiger partial charge in [-0.25, -0.2) is 9.97 Å². The van der Waals surface area contributed by atoms with Gasteiger partial charge >= 0.3 is 0 Å². The minimum atomic E-state index is 0. The van der Waals surface area contributed by atoms with E-state index in [9.17, 15) is 4.79 Å². The molecule has 24 heavy (non-hydrogen) atoms. The molecule has 1 saturated heterocycles. The van der Waals surface area contributed by atoms with Crippen LogP contribution in [0.15, 0.2) is 23.5 Å². The number of hydrogen-bond acceptors (Lipinski definition) is 5. The van der Waals surface area contributed by atoms with Gasteiger partial charge in [-0.1, -0.05) is 0 Å². The van der Waals surface area contributed by atoms with Crippen LogP contribution in [0.2, 0.25) is 0 Å². The number of halogens is 1. The van der Waals surface area contributed by atoms with Crippen LogP contribution in [-0.4, -0.2) is 65.5 Å². The van der Waals surface area contributed by atoms with Gasteiger partial charge in [-0.3, -0.25) is 9.79 Å². The molecule has 9 heteroatoms. The van der Waals surface area contributed by atoms with Gasteiger partial charge in [-0.05, 0) is 19.9 Å². The predicted octanol–water partition coefficient (Wildman–Crippen LogP) is 0.446. The van der Waals surface area contributed by atoms with Crippen molar-refractivity contribution in [3.8, 4) is 0 Å². The molecule has 2 rings (SSSR count). The number of hydrogen-bond donors (Lipinski definition) is 2. The Balaban J connectivity index is 0.00000288. The Morgan fingerprint density at radius 1 is 1.29 bits per heavy atom. The van der Waals surface area contributed by atoms with Crippen LogP contribution in [0.4, 0.5) is 5.95 Å². The maximum absolute atomic E-state index is 12.2. The molecule has 0 aliphatic carbocycles. The number of amides is 1. The average molecular weight is 447 g/mol. The van der Waals surface area contributed by atoms with Crippen molar-refractivity contribution in [3.05, 3.63) is 18.5 Å². The molecule has 1 fully saturated rings. The Bertz CT molecular complexity index is 530. The zero-order chi connectivity index (χ0) is 16.7. The third-order valence-corrected chi connectivity index (χ3v) is 3.51. The van der Waals surface area contributed by atoms with Gasteiger partial charge < -0.3 is 20.9 Å². The van der Waals surface area contributed by atoms with Crippen LogP contribution >= 0.6 is 24.0 Å². The van der Waals surface area contributed by atoms with Gasteiger partial charge in [0.2, 0.25) is 11.9 Å². The first-order valence-electron chi connectivity index (χ1n) is 7.92. The van der Waals surface area contributed by atoms with Crippen molar-refractivity contribution in [2.75, 3.05) is 37.6 Å². The Morgan fingerprint density at radius 3 is 2.50 bits per heavy atom. The van der Waals surface area contributed by atoms with Gasteiger partial charge in [-0.15, -0.1) is 24.0 Å². The van der Waals surface area contributed by atoms with Crippen LogP contribution in [-0.2, 0) is 4.79 Å². The summed E-state index contributed by atoms with van der Waals surface area (Å²) in [5.41, 5.74) is 5.72. The van der Waals surface area contributed by atoms with Gasteiger partial charge in [0.05, 0.1) is 6.54 Å². The van der Waals surface area contributed by atoms with Crippen molar-refractivity contribution in [3.63, 3.8) is 0 Å². The van der Waals surface area contributed by atoms with E-state index in [4.69, 9.17) is 5.73 Å². The van der Waals surface area contributed by atoms with E-state index in [-0.39, 0.29) is 35.9 Å². The average Bonchev–Trinajstić information content (AvgIpc) is 2.55. The molecule has 134 valence electrons. The Hall–Kier alpha value is -1.65. The molecule has 0 saturated carbocycles. The lowest BCUT2D eigenvalue weighted by molar-refractivity contribution is -0.131. The number of guanidine groups is 1. The summed E-state index contributed by atoms with van der Waals surface area (Å²) >= 11 is 0. The highest BCUT2D eigenvalue weighted by Crippen LogP contribution is 2.10. The Labute approximate surface area is 159 Å². The first kappa shape index (κ1) is 20.4. The summed E-state index contributed by atoms with van der Waals surface area (Å²) in [6.45, 7) is 7.24. The van der Waals surface area contributed by atoms with Crippen molar-refractivity contribution in [2.45, 2.75) is 26.3 Å². The highest BCUT2D eigenvalue weighted by Gasteiger charge is 2.21. The van der Waals surface area contributed by atoms with Crippen molar-refractivity contribution >= 4 is 41.8 Å². The highest BCUT2D eigenvalue weighted by molar-refractivity contribution is 14.0. The van der Waals surface area contributed by atoms with Gasteiger partial charge in [0.1, 0.15) is 0 Å². The third-order valence-electron chi connectivity index (χ3n) is 3.51. The summed E-state index contributed by atoms with van der Waals surface area (Å²) in [6, 6.07) is 2.03. The van der Waals surface area contributed by atoms with Gasteiger partial charge in [0.15, 0.2) is 5.96 Å². The van der Waals surface area contributed by atoms with E-state index in [1.54, 1.807) is 18.5 Å². The summed E-state index contributed by atoms with van der Waals surface area (Å²) in [6.07, 6.45) is 3.84. The number of carbonyl (C=O) groups is 1. The predicted molar refractivity (Wildman–Crippen MR) is 106 cm³/mol. The van der Waals surface area contributed by atoms with E-state index in [2.05, 4.69) is 25.2 Å². The third kappa shape index (κ3) is 6.46. The normalized spacial score (nSPS) is 15.2. The molecule has 1 amide bonds. The highest BCUT2D eigenvalue weighted by atomic mass is 127. The molecule has 1 aromatic heterocycles. The van der Waals surface area contributed by atoms with Crippen molar-refractivity contribution in [1.82, 2.24) is 20.2 Å². The summed E-state index contributed by atoms with van der Waals surface area (Å²) < 4.78 is 0. The molecule has 1 aromatic rings. The van der Waals surface area contributed by atoms with E-state index in [1.807, 2.05) is 18.7 Å². The van der Waals surface area contributed by atoms with Gasteiger partial charge in [-0.2, -0.15) is 0 Å². The first-order chi connectivity index (χ1) is 11.1. The lowest BCUT2D eigenvalue weighted by Crippen LogP contribution is -2.49. The summed E-state index contributed by atoms with van der Waals surface area (Å²) in [5, 5.41) is 3.00. The number of aromatic nitrogens is 2. The van der Waals surface area contributed by atoms with Gasteiger partial charge in [0, 0.05) is 51.0 Å². The van der Waals surface area contributed by atoms with E-state index in [0.717, 1.165) is 19.0 Å². The fraction of sp³-hybridized carbons (Fsp3) is 0.600. The van der Waals surface area contributed by atoms with Crippen molar-refractivity contribution < 1.29 is 4.79 Å². The second-order valence-corrected chi connectivity index (χ2v) is 5.73. The molecule has 0 radical (unpaired) electrons. The second kappa shape index (κ2) is 10.3. The molecule has 1 aliphatic heterocycles. The fourth-order valence-electron chi connectivity index (χ4n) is 2.38. The maximum atomic E-state index is 12.2. The van der Waals surface area contributed by atoms with E-state index in [0.29, 0.717) is 32.0 Å². The van der Waals surface area contributed by atoms with Crippen LogP contribution < -0.4 is 16.0 Å². The molecule has 8 nitrogen and oxygen atoms in total. The zero-order valence-electron chi connectivity index (χ0n) is 14.2. The molecule has 1 aliphatic rings. The number of aliphatic imine (C=N–C) groups is 1. The minimum absolute atomic E-state index is 0. The smallest absolute Gasteiger partial charge is 0.225 e. The lowest BCUT2D eigenvalue weighted by Gasteiger charge is -2.34. The maximum Gasteiger partial charge on any atom is 0.225 e. The Morgan fingerprint density at radius 2 is 1.92 bits per heavy atom. The minimum Gasteiger partial charge on any atom is -0.370 e. The quantitative estimate of drug-likeness (QED) is 0.386. The molecule has 0 bridgehead atoms. The van der Waals surface area contributed by atoms with Crippen LogP contribution in [0, 0.1) is 0 Å². The molecule has 2 heterocycles. The van der Waals surface area contributed by atoms with Crippen molar-refractivity contribution in [1.29, 1.82) is 0 Å². The number of nitrogens with zero attached hydrogens (tertiary/aromatic N) is 5. The first-order valence-corrected chi connectivity index (χ1v) is 7.92. The topological polar surface area (TPSA) is 99.7 Å². The molecular formula is C15H26IN7O. The zero-order valence-corrected chi connectivity index (χ0v) is 16.5. The fourth-order valence-corrected chi connectivity index (χ4v) is 2.38. The molecule has 0 unspecified atom stereocenters. The van der Waals surface area contributed by atoms with E-state index in [1.165, 1.54) is 0 Å². The molecule has 0 atom stereocenters. The molecule has 0 spiro atoms. The number of nitrogens with one attached hydrogen (secondary N) is 1. The van der Waals surface area contributed by atoms with E-state index >= 15 is 0 Å². The second-order valence-electron chi connectivity index (χ2n) is 5.73. The summed E-state index contributed by atoms with van der Waals surface area (Å²) in [5.74, 6) is 1.22. The SMILES string of the molecule is CC(C)NC(N)=NCCC(=O)N1CCN(c2ncccn2)CC1.I. The van der Waals surface area contributed by atoms with E-state index < -0.39 is 0 Å². The molecule has 0 aromatic carbocycles. The largest absolute Gasteiger partial charge is 0.370 e. The van der Waals surface area contributed by atoms with Crippen LogP contribution in [0.25, 0.3) is 0 Å². The number of carbonyl (C=O) groups excluding carboxylic acids is 1. The standard InChI is InChI=1S/C15H25N7O.HI/c1-12(2)20-14(16)17-7-4-13(23)21-8-10-22(11-9-21)15-18-5-3-6-19-15;/h3,5-6,12H,4,7-11H2,1-2H3,(H3,16,17,20);1H. The lowest BCUT2D eigenvalue weighted by atomic mass is 10.3. The van der Waals surface area contributed by atoms with Crippen LogP contribution in [0.5, 0.6) is 0 Å². The van der Waals surface area contributed by atoms with Gasteiger partial charge in [0.25, 0.3) is 0 Å². The molecular weight excluding hydrogens is 421 g/mol.